The fraction of sp³-hybridized carbons (Fsp3) is 0.800. The summed E-state index contributed by atoms with van der Waals surface area (Å²) in [4.78, 5) is 11.6. The lowest BCUT2D eigenvalue weighted by Crippen LogP contribution is -2.34. The number of rotatable bonds is 0. The predicted molar refractivity (Wildman–Crippen MR) is 33.2 cm³/mol. The van der Waals surface area contributed by atoms with Gasteiger partial charge in [-0.2, -0.15) is 0 Å². The lowest BCUT2D eigenvalue weighted by Gasteiger charge is -2.09. The lowest BCUT2D eigenvalue weighted by atomic mass is 10.3. The summed E-state index contributed by atoms with van der Waals surface area (Å²) in [5.74, 6) is 0. The number of hydrogen-bond acceptors (Lipinski definition) is 3. The molecule has 58 valence electrons. The van der Waals surface area contributed by atoms with Crippen molar-refractivity contribution in [3.8, 4) is 0 Å². The van der Waals surface area contributed by atoms with E-state index in [1.807, 2.05) is 0 Å². The van der Waals surface area contributed by atoms with Crippen LogP contribution in [0.4, 0.5) is 4.79 Å². The van der Waals surface area contributed by atoms with Crippen molar-refractivity contribution in [2.45, 2.75) is 12.2 Å². The summed E-state index contributed by atoms with van der Waals surface area (Å²) >= 11 is 0. The summed E-state index contributed by atoms with van der Waals surface area (Å²) in [6.45, 7) is 0.271. The minimum absolute atomic E-state index is 0.135. The number of carbonyl (C=O) groups excluding carboxylic acids is 1. The second-order valence-electron chi connectivity index (χ2n) is 2.38. The normalized spacial score (nSPS) is 32.8. The zero-order valence-electron chi connectivity index (χ0n) is 5.40. The monoisotopic (exact) mass is 146 g/mol. The number of nitrogens with two attached hydrogens (primary N) is 1. The molecule has 0 aromatic rings. The number of nitrogens with zero attached hydrogens (tertiary/aromatic N) is 1. The van der Waals surface area contributed by atoms with Crippen molar-refractivity contribution in [2.24, 2.45) is 5.73 Å². The molecule has 0 spiro atoms. The Morgan fingerprint density at radius 1 is 1.40 bits per heavy atom. The van der Waals surface area contributed by atoms with Gasteiger partial charge in [0, 0.05) is 0 Å². The van der Waals surface area contributed by atoms with Gasteiger partial charge in [-0.1, -0.05) is 0 Å². The first kappa shape index (κ1) is 7.30. The van der Waals surface area contributed by atoms with Gasteiger partial charge >= 0.3 is 6.03 Å². The highest BCUT2D eigenvalue weighted by atomic mass is 16.3. The third kappa shape index (κ3) is 1.19. The maximum atomic E-state index is 10.4. The van der Waals surface area contributed by atoms with Gasteiger partial charge in [0.2, 0.25) is 0 Å². The van der Waals surface area contributed by atoms with E-state index in [2.05, 4.69) is 0 Å². The average molecular weight is 146 g/mol. The number of carbonyl (C=O) groups is 1. The van der Waals surface area contributed by atoms with Crippen LogP contribution in [-0.2, 0) is 0 Å². The number of β-amino-alcohol motifs (C(OH)–C–C–N with tert-alkyl or cyclic N) is 2. The fourth-order valence-corrected chi connectivity index (χ4v) is 0.949. The Hall–Kier alpha value is -0.810. The summed E-state index contributed by atoms with van der Waals surface area (Å²) < 4.78 is 0. The zero-order chi connectivity index (χ0) is 7.72. The van der Waals surface area contributed by atoms with Crippen LogP contribution in [0.2, 0.25) is 0 Å². The molecule has 1 aliphatic heterocycles. The molecule has 5 heteroatoms. The Labute approximate surface area is 58.0 Å². The highest BCUT2D eigenvalue weighted by Gasteiger charge is 2.31. The van der Waals surface area contributed by atoms with Gasteiger partial charge in [-0.05, 0) is 0 Å². The second-order valence-corrected chi connectivity index (χ2v) is 2.38. The van der Waals surface area contributed by atoms with E-state index in [9.17, 15) is 4.79 Å². The quantitative estimate of drug-likeness (QED) is 0.373. The molecular weight excluding hydrogens is 136 g/mol. The third-order valence-corrected chi connectivity index (χ3v) is 1.57. The van der Waals surface area contributed by atoms with Gasteiger partial charge in [-0.3, -0.25) is 0 Å². The standard InChI is InChI=1S/C5H10N2O3/c6-5(10)7-1-3(8)4(9)2-7/h3-4,8-9H,1-2H2,(H2,6,10)/t3-,4+. The molecule has 0 aromatic carbocycles. The van der Waals surface area contributed by atoms with Crippen LogP contribution in [0.3, 0.4) is 0 Å². The summed E-state index contributed by atoms with van der Waals surface area (Å²) in [7, 11) is 0. The summed E-state index contributed by atoms with van der Waals surface area (Å²) in [6, 6.07) is -0.601. The topological polar surface area (TPSA) is 86.8 Å². The van der Waals surface area contributed by atoms with Gasteiger partial charge in [0.25, 0.3) is 0 Å². The van der Waals surface area contributed by atoms with Crippen LogP contribution in [0.15, 0.2) is 0 Å². The number of amides is 2. The molecule has 0 bridgehead atoms. The molecule has 0 saturated carbocycles. The number of aliphatic hydroxyl groups is 2. The predicted octanol–water partition coefficient (Wildman–Crippen LogP) is -1.90. The largest absolute Gasteiger partial charge is 0.388 e. The molecule has 1 aliphatic rings. The van der Waals surface area contributed by atoms with Crippen molar-refractivity contribution < 1.29 is 15.0 Å². The fourth-order valence-electron chi connectivity index (χ4n) is 0.949. The molecule has 2 atom stereocenters. The number of hydrogen-bond donors (Lipinski definition) is 3. The molecule has 10 heavy (non-hydrogen) atoms. The number of primary amides is 1. The van der Waals surface area contributed by atoms with Gasteiger partial charge in [0.15, 0.2) is 0 Å². The first-order valence-electron chi connectivity index (χ1n) is 3.02. The summed E-state index contributed by atoms with van der Waals surface area (Å²) in [5, 5.41) is 17.8. The van der Waals surface area contributed by atoms with E-state index in [4.69, 9.17) is 15.9 Å². The molecule has 0 unspecified atom stereocenters. The number of likely N-dealkylation sites (tertiary alicyclic amines) is 1. The van der Waals surface area contributed by atoms with Crippen molar-refractivity contribution in [2.75, 3.05) is 13.1 Å². The first-order valence-corrected chi connectivity index (χ1v) is 3.02. The van der Waals surface area contributed by atoms with Crippen molar-refractivity contribution in [1.29, 1.82) is 0 Å². The van der Waals surface area contributed by atoms with E-state index in [0.29, 0.717) is 0 Å². The summed E-state index contributed by atoms with van der Waals surface area (Å²) in [6.07, 6.45) is -1.68. The van der Waals surface area contributed by atoms with Crippen molar-refractivity contribution in [3.63, 3.8) is 0 Å². The molecule has 0 aliphatic carbocycles. The highest BCUT2D eigenvalue weighted by molar-refractivity contribution is 5.72. The second kappa shape index (κ2) is 2.43. The minimum Gasteiger partial charge on any atom is -0.388 e. The van der Waals surface area contributed by atoms with Crippen LogP contribution < -0.4 is 5.73 Å². The van der Waals surface area contributed by atoms with Crippen LogP contribution in [-0.4, -0.2) is 46.4 Å². The molecule has 4 N–H and O–H groups in total. The number of aliphatic hydroxyl groups excluding tert-OH is 2. The molecule has 0 radical (unpaired) electrons. The van der Waals surface area contributed by atoms with Crippen LogP contribution in [0.5, 0.6) is 0 Å². The van der Waals surface area contributed by atoms with E-state index in [-0.39, 0.29) is 13.1 Å². The molecular formula is C5H10N2O3. The highest BCUT2D eigenvalue weighted by Crippen LogP contribution is 2.08. The minimum atomic E-state index is -0.840. The van der Waals surface area contributed by atoms with Gasteiger partial charge < -0.3 is 20.8 Å². The molecule has 2 amide bonds. The first-order chi connectivity index (χ1) is 4.61. The SMILES string of the molecule is NC(=O)N1C[C@@H](O)[C@@H](O)C1. The van der Waals surface area contributed by atoms with Crippen molar-refractivity contribution in [3.05, 3.63) is 0 Å². The van der Waals surface area contributed by atoms with Crippen molar-refractivity contribution >= 4 is 6.03 Å². The molecule has 5 nitrogen and oxygen atoms in total. The smallest absolute Gasteiger partial charge is 0.314 e. The van der Waals surface area contributed by atoms with Gasteiger partial charge in [-0.25, -0.2) is 4.79 Å². The summed E-state index contributed by atoms with van der Waals surface area (Å²) in [5.41, 5.74) is 4.89. The van der Waals surface area contributed by atoms with Crippen LogP contribution in [0.25, 0.3) is 0 Å². The molecule has 1 heterocycles. The molecule has 0 aromatic heterocycles. The van der Waals surface area contributed by atoms with Crippen LogP contribution in [0.1, 0.15) is 0 Å². The maximum Gasteiger partial charge on any atom is 0.314 e. The number of urea groups is 1. The molecule has 1 saturated heterocycles. The third-order valence-electron chi connectivity index (χ3n) is 1.57. The van der Waals surface area contributed by atoms with E-state index in [0.717, 1.165) is 0 Å². The lowest BCUT2D eigenvalue weighted by molar-refractivity contribution is 0.0572. The van der Waals surface area contributed by atoms with Gasteiger partial charge in [0.05, 0.1) is 25.3 Å². The average Bonchev–Trinajstić information content (AvgIpc) is 2.13. The Balaban J connectivity index is 2.49. The van der Waals surface area contributed by atoms with Crippen LogP contribution >= 0.6 is 0 Å². The maximum absolute atomic E-state index is 10.4. The van der Waals surface area contributed by atoms with Crippen LogP contribution in [0, 0.1) is 0 Å². The van der Waals surface area contributed by atoms with Crippen molar-refractivity contribution in [1.82, 2.24) is 4.90 Å². The van der Waals surface area contributed by atoms with E-state index in [1.54, 1.807) is 0 Å². The van der Waals surface area contributed by atoms with E-state index < -0.39 is 18.2 Å². The van der Waals surface area contributed by atoms with E-state index in [1.165, 1.54) is 4.90 Å². The van der Waals surface area contributed by atoms with Gasteiger partial charge in [0.1, 0.15) is 0 Å². The van der Waals surface area contributed by atoms with Gasteiger partial charge in [-0.15, -0.1) is 0 Å². The molecule has 1 fully saturated rings. The molecule has 1 rings (SSSR count). The van der Waals surface area contributed by atoms with E-state index >= 15 is 0 Å². The zero-order valence-corrected chi connectivity index (χ0v) is 5.40. The Morgan fingerprint density at radius 3 is 2.00 bits per heavy atom. The Kier molecular flexibility index (Phi) is 1.78. The Bertz CT molecular complexity index is 140. The Morgan fingerprint density at radius 2 is 1.80 bits per heavy atom.